The molecular formula is C16H24NO+. The van der Waals surface area contributed by atoms with Crippen LogP contribution in [0.2, 0.25) is 0 Å². The van der Waals surface area contributed by atoms with E-state index >= 15 is 0 Å². The summed E-state index contributed by atoms with van der Waals surface area (Å²) in [5, 5.41) is 0. The third kappa shape index (κ3) is 1.77. The van der Waals surface area contributed by atoms with Crippen LogP contribution in [-0.4, -0.2) is 17.5 Å². The van der Waals surface area contributed by atoms with E-state index in [2.05, 4.69) is 25.4 Å². The number of carbonyl (C=O) groups is 1. The zero-order chi connectivity index (χ0) is 12.9. The number of hydrogen-bond donors (Lipinski definition) is 1. The summed E-state index contributed by atoms with van der Waals surface area (Å²) >= 11 is 0. The summed E-state index contributed by atoms with van der Waals surface area (Å²) in [5.41, 5.74) is 3.10. The smallest absolute Gasteiger partial charge is 0.172 e. The lowest BCUT2D eigenvalue weighted by Crippen LogP contribution is -2.83. The summed E-state index contributed by atoms with van der Waals surface area (Å²) in [4.78, 5) is 15.1. The molecule has 4 rings (SSSR count). The van der Waals surface area contributed by atoms with Gasteiger partial charge in [-0.25, -0.2) is 4.99 Å². The second-order valence-electron chi connectivity index (χ2n) is 6.99. The summed E-state index contributed by atoms with van der Waals surface area (Å²) in [6.45, 7) is 9.09. The van der Waals surface area contributed by atoms with Crippen molar-refractivity contribution in [2.45, 2.75) is 58.4 Å². The highest BCUT2D eigenvalue weighted by atomic mass is 16.1. The fraction of sp³-hybridized carbons (Fsp3) is 0.750. The molecule has 0 heterocycles. The molecule has 4 aliphatic carbocycles. The third-order valence-corrected chi connectivity index (χ3v) is 5.61. The summed E-state index contributed by atoms with van der Waals surface area (Å²) in [6, 6.07) is 0.433. The molecule has 0 radical (unpaired) electrons. The summed E-state index contributed by atoms with van der Waals surface area (Å²) in [7, 11) is 0. The van der Waals surface area contributed by atoms with E-state index in [4.69, 9.17) is 0 Å². The Morgan fingerprint density at radius 1 is 1.28 bits per heavy atom. The van der Waals surface area contributed by atoms with Gasteiger partial charge in [0.1, 0.15) is 5.78 Å². The Labute approximate surface area is 110 Å². The molecule has 0 amide bonds. The number of carbonyl (C=O) groups excluding carboxylic acids is 1. The molecule has 0 saturated heterocycles. The van der Waals surface area contributed by atoms with Crippen molar-refractivity contribution in [3.8, 4) is 0 Å². The Bertz CT molecular complexity index is 432. The molecule has 4 fully saturated rings. The van der Waals surface area contributed by atoms with Crippen LogP contribution < -0.4 is 4.99 Å². The number of rotatable bonds is 1. The topological polar surface area (TPSA) is 31.0 Å². The molecule has 0 unspecified atom stereocenters. The van der Waals surface area contributed by atoms with Crippen LogP contribution in [0.15, 0.2) is 12.2 Å². The Kier molecular flexibility index (Phi) is 2.72. The van der Waals surface area contributed by atoms with Gasteiger partial charge >= 0.3 is 0 Å². The van der Waals surface area contributed by atoms with Gasteiger partial charge in [-0.15, -0.1) is 0 Å². The summed E-state index contributed by atoms with van der Waals surface area (Å²) < 4.78 is 0. The van der Waals surface area contributed by atoms with E-state index in [0.29, 0.717) is 29.6 Å². The van der Waals surface area contributed by atoms with Gasteiger partial charge in [0.2, 0.25) is 0 Å². The molecule has 18 heavy (non-hydrogen) atoms. The SMILES string of the molecule is C=C1[C@H]2C[C@@H](C[C@H]1[NH+]=C1CCCC(=O)C1)C2(C)C. The Hall–Kier alpha value is -0.920. The number of Topliss-reactive ketones (excluding diaryl/α,β-unsaturated/α-hetero) is 1. The van der Waals surface area contributed by atoms with E-state index in [1.54, 1.807) is 0 Å². The van der Waals surface area contributed by atoms with Gasteiger partial charge in [0.05, 0.1) is 6.42 Å². The van der Waals surface area contributed by atoms with Gasteiger partial charge in [-0.05, 0) is 35.7 Å². The van der Waals surface area contributed by atoms with Crippen LogP contribution >= 0.6 is 0 Å². The van der Waals surface area contributed by atoms with Gasteiger partial charge in [-0.1, -0.05) is 20.4 Å². The molecule has 4 aliphatic rings. The third-order valence-electron chi connectivity index (χ3n) is 5.61. The summed E-state index contributed by atoms with van der Waals surface area (Å²) in [5.74, 6) is 1.93. The highest BCUT2D eigenvalue weighted by Crippen LogP contribution is 2.60. The molecule has 98 valence electrons. The number of fused-ring (bicyclic) bond motifs is 2. The van der Waals surface area contributed by atoms with Crippen molar-refractivity contribution in [3.63, 3.8) is 0 Å². The van der Waals surface area contributed by atoms with Crippen molar-refractivity contribution in [2.24, 2.45) is 17.3 Å². The molecule has 0 spiro atoms. The van der Waals surface area contributed by atoms with Gasteiger partial charge in [-0.3, -0.25) is 4.79 Å². The highest BCUT2D eigenvalue weighted by molar-refractivity contribution is 6.01. The van der Waals surface area contributed by atoms with Crippen molar-refractivity contribution in [3.05, 3.63) is 12.2 Å². The number of hydrogen-bond acceptors (Lipinski definition) is 1. The van der Waals surface area contributed by atoms with Gasteiger partial charge in [0.25, 0.3) is 0 Å². The van der Waals surface area contributed by atoms with Crippen molar-refractivity contribution in [1.82, 2.24) is 0 Å². The first kappa shape index (κ1) is 12.1. The molecule has 0 aromatic carbocycles. The van der Waals surface area contributed by atoms with Crippen LogP contribution in [0.3, 0.4) is 0 Å². The Morgan fingerprint density at radius 2 is 2.06 bits per heavy atom. The van der Waals surface area contributed by atoms with Crippen LogP contribution in [0, 0.1) is 17.3 Å². The minimum Gasteiger partial charge on any atom is -0.299 e. The lowest BCUT2D eigenvalue weighted by Gasteiger charge is -2.57. The van der Waals surface area contributed by atoms with Gasteiger partial charge in [0.15, 0.2) is 11.8 Å². The minimum absolute atomic E-state index is 0.399. The van der Waals surface area contributed by atoms with E-state index in [-0.39, 0.29) is 0 Å². The zero-order valence-electron chi connectivity index (χ0n) is 11.6. The van der Waals surface area contributed by atoms with Crippen LogP contribution in [-0.2, 0) is 4.79 Å². The number of ketones is 1. The molecule has 2 heteroatoms. The van der Waals surface area contributed by atoms with E-state index in [9.17, 15) is 4.79 Å². The van der Waals surface area contributed by atoms with Crippen LogP contribution in [0.5, 0.6) is 0 Å². The van der Waals surface area contributed by atoms with E-state index in [1.165, 1.54) is 24.1 Å². The maximum absolute atomic E-state index is 11.5. The van der Waals surface area contributed by atoms with Crippen LogP contribution in [0.25, 0.3) is 0 Å². The second kappa shape index (κ2) is 4.04. The fourth-order valence-electron chi connectivity index (χ4n) is 4.16. The quantitative estimate of drug-likeness (QED) is 0.701. The first-order chi connectivity index (χ1) is 8.48. The number of nitrogens with one attached hydrogen (secondary N) is 1. The van der Waals surface area contributed by atoms with Crippen LogP contribution in [0.4, 0.5) is 0 Å². The van der Waals surface area contributed by atoms with Gasteiger partial charge in [-0.2, -0.15) is 0 Å². The van der Waals surface area contributed by atoms with Crippen LogP contribution in [0.1, 0.15) is 52.4 Å². The van der Waals surface area contributed by atoms with Gasteiger partial charge < -0.3 is 0 Å². The zero-order valence-corrected chi connectivity index (χ0v) is 11.6. The van der Waals surface area contributed by atoms with Crippen molar-refractivity contribution in [2.75, 3.05) is 0 Å². The van der Waals surface area contributed by atoms with E-state index in [0.717, 1.165) is 25.2 Å². The van der Waals surface area contributed by atoms with Crippen molar-refractivity contribution >= 4 is 11.5 Å². The predicted octanol–water partition coefficient (Wildman–Crippen LogP) is 1.64. The van der Waals surface area contributed by atoms with E-state index in [1.807, 2.05) is 0 Å². The molecule has 2 bridgehead atoms. The average Bonchev–Trinajstić information content (AvgIpc) is 2.31. The molecule has 4 saturated carbocycles. The monoisotopic (exact) mass is 246 g/mol. The Morgan fingerprint density at radius 3 is 2.67 bits per heavy atom. The first-order valence-electron chi connectivity index (χ1n) is 7.30. The minimum atomic E-state index is 0.399. The lowest BCUT2D eigenvalue weighted by atomic mass is 9.46. The van der Waals surface area contributed by atoms with Crippen molar-refractivity contribution < 1.29 is 9.79 Å². The molecule has 0 aromatic rings. The van der Waals surface area contributed by atoms with E-state index < -0.39 is 0 Å². The highest BCUT2D eigenvalue weighted by Gasteiger charge is 2.56. The maximum Gasteiger partial charge on any atom is 0.172 e. The lowest BCUT2D eigenvalue weighted by molar-refractivity contribution is -0.506. The maximum atomic E-state index is 11.5. The second-order valence-corrected chi connectivity index (χ2v) is 6.99. The molecule has 0 aliphatic heterocycles. The summed E-state index contributed by atoms with van der Waals surface area (Å²) in [6.07, 6.45) is 6.07. The average molecular weight is 246 g/mol. The molecular weight excluding hydrogens is 222 g/mol. The molecule has 2 nitrogen and oxygen atoms in total. The standard InChI is InChI=1S/C16H23NO/c1-10-14-7-11(16(14,2)3)8-15(10)17-12-5-4-6-13(18)9-12/h11,14-15H,1,4-9H2,2-3H3/p+1/t11-,14+,15+/m0/s1. The Balaban J connectivity index is 1.74. The molecule has 0 aromatic heterocycles. The van der Waals surface area contributed by atoms with Crippen molar-refractivity contribution in [1.29, 1.82) is 0 Å². The fourth-order valence-corrected chi connectivity index (χ4v) is 4.16. The van der Waals surface area contributed by atoms with Gasteiger partial charge in [0, 0.05) is 19.3 Å². The first-order valence-corrected chi connectivity index (χ1v) is 7.30. The normalized spacial score (nSPS) is 40.8. The molecule has 1 N–H and O–H groups in total. The predicted molar refractivity (Wildman–Crippen MR) is 72.4 cm³/mol. The largest absolute Gasteiger partial charge is 0.299 e. The molecule has 3 atom stereocenters.